The molecule has 122 valence electrons. The number of piperidine rings is 1. The molecule has 2 bridgehead atoms. The lowest BCUT2D eigenvalue weighted by Crippen LogP contribution is -2.47. The molecule has 2 aromatic heterocycles. The molecule has 0 aromatic carbocycles. The minimum Gasteiger partial charge on any atom is -0.332 e. The molecule has 0 aliphatic carbocycles. The van der Waals surface area contributed by atoms with E-state index in [9.17, 15) is 4.79 Å². The number of aryl methyl sites for hydroxylation is 1. The van der Waals surface area contributed by atoms with Crippen molar-refractivity contribution >= 4 is 28.6 Å². The summed E-state index contributed by atoms with van der Waals surface area (Å²) in [7, 11) is 0. The highest BCUT2D eigenvalue weighted by Crippen LogP contribution is 2.31. The first-order chi connectivity index (χ1) is 11.2. The van der Waals surface area contributed by atoms with E-state index in [0.29, 0.717) is 18.5 Å². The van der Waals surface area contributed by atoms with Gasteiger partial charge in [-0.3, -0.25) is 9.69 Å². The van der Waals surface area contributed by atoms with Crippen LogP contribution in [0.3, 0.4) is 0 Å². The third-order valence-corrected chi connectivity index (χ3v) is 6.19. The zero-order chi connectivity index (χ0) is 15.8. The van der Waals surface area contributed by atoms with Crippen molar-refractivity contribution in [2.24, 2.45) is 5.92 Å². The Bertz CT molecular complexity index is 684. The summed E-state index contributed by atoms with van der Waals surface area (Å²) >= 11 is 3.29. The number of hydrogen-bond acceptors (Lipinski definition) is 6. The van der Waals surface area contributed by atoms with Crippen LogP contribution >= 0.6 is 22.7 Å². The molecule has 5 nitrogen and oxygen atoms in total. The van der Waals surface area contributed by atoms with Crippen molar-refractivity contribution in [3.63, 3.8) is 0 Å². The Hall–Kier alpha value is -1.31. The second-order valence-corrected chi connectivity index (χ2v) is 8.21. The summed E-state index contributed by atoms with van der Waals surface area (Å²) in [5.41, 5.74) is 3.98. The van der Waals surface area contributed by atoms with E-state index in [4.69, 9.17) is 0 Å². The topological polar surface area (TPSA) is 49.3 Å². The third-order valence-electron chi connectivity index (χ3n) is 4.74. The van der Waals surface area contributed by atoms with Crippen LogP contribution in [-0.4, -0.2) is 44.8 Å². The Morgan fingerprint density at radius 1 is 1.22 bits per heavy atom. The van der Waals surface area contributed by atoms with Crippen LogP contribution in [0.15, 0.2) is 16.3 Å². The van der Waals surface area contributed by atoms with Gasteiger partial charge in [0.15, 0.2) is 0 Å². The molecule has 2 atom stereocenters. The quantitative estimate of drug-likeness (QED) is 0.852. The van der Waals surface area contributed by atoms with Gasteiger partial charge in [0.25, 0.3) is 0 Å². The molecule has 1 amide bonds. The lowest BCUT2D eigenvalue weighted by Gasteiger charge is -2.35. The standard InChI is InChI=1S/C16H20N4OS2/c1-11-18-14(9-23-11)5-19-4-12-2-3-15(7-19)20(16(12)21)6-13-8-22-10-17-13/h8-10,12,15H,2-7H2,1H3/t12-,15+/m1/s1. The van der Waals surface area contributed by atoms with Crippen LogP contribution in [0, 0.1) is 12.8 Å². The number of thiazole rings is 2. The number of hydrogen-bond donors (Lipinski definition) is 0. The maximum atomic E-state index is 12.8. The highest BCUT2D eigenvalue weighted by atomic mass is 32.1. The lowest BCUT2D eigenvalue weighted by molar-refractivity contribution is -0.140. The molecule has 3 fully saturated rings. The summed E-state index contributed by atoms with van der Waals surface area (Å²) in [5, 5.41) is 5.29. The smallest absolute Gasteiger partial charge is 0.227 e. The fourth-order valence-electron chi connectivity index (χ4n) is 3.67. The van der Waals surface area contributed by atoms with E-state index in [-0.39, 0.29) is 5.92 Å². The summed E-state index contributed by atoms with van der Waals surface area (Å²) in [5.74, 6) is 0.443. The van der Waals surface area contributed by atoms with Crippen molar-refractivity contribution in [2.45, 2.75) is 38.9 Å². The van der Waals surface area contributed by atoms with E-state index >= 15 is 0 Å². The normalized spacial score (nSPS) is 25.1. The molecule has 23 heavy (non-hydrogen) atoms. The molecule has 0 radical (unpaired) electrons. The molecule has 0 N–H and O–H groups in total. The Kier molecular flexibility index (Phi) is 4.17. The summed E-state index contributed by atoms with van der Waals surface area (Å²) in [6.45, 7) is 5.37. The molecule has 0 saturated carbocycles. The van der Waals surface area contributed by atoms with Crippen LogP contribution < -0.4 is 0 Å². The van der Waals surface area contributed by atoms with E-state index in [0.717, 1.165) is 48.9 Å². The zero-order valence-corrected chi connectivity index (χ0v) is 14.8. The molecular formula is C16H20N4OS2. The first-order valence-corrected chi connectivity index (χ1v) is 9.82. The van der Waals surface area contributed by atoms with Crippen LogP contribution in [0.25, 0.3) is 0 Å². The van der Waals surface area contributed by atoms with Gasteiger partial charge in [-0.2, -0.15) is 0 Å². The summed E-state index contributed by atoms with van der Waals surface area (Å²) in [6, 6.07) is 0.308. The van der Waals surface area contributed by atoms with Crippen LogP contribution in [-0.2, 0) is 17.9 Å². The van der Waals surface area contributed by atoms with Crippen molar-refractivity contribution in [2.75, 3.05) is 13.1 Å². The average molecular weight is 348 g/mol. The zero-order valence-electron chi connectivity index (χ0n) is 13.1. The van der Waals surface area contributed by atoms with Gasteiger partial charge in [-0.1, -0.05) is 0 Å². The third kappa shape index (κ3) is 3.18. The fraction of sp³-hybridized carbons (Fsp3) is 0.562. The number of amides is 1. The first-order valence-electron chi connectivity index (χ1n) is 8.00. The lowest BCUT2D eigenvalue weighted by atomic mass is 9.94. The van der Waals surface area contributed by atoms with Gasteiger partial charge < -0.3 is 4.90 Å². The highest BCUT2D eigenvalue weighted by Gasteiger charge is 2.40. The van der Waals surface area contributed by atoms with Gasteiger partial charge in [0, 0.05) is 36.4 Å². The molecule has 5 heterocycles. The van der Waals surface area contributed by atoms with E-state index in [1.165, 1.54) is 0 Å². The Morgan fingerprint density at radius 2 is 2.13 bits per heavy atom. The van der Waals surface area contributed by atoms with Gasteiger partial charge in [-0.05, 0) is 19.8 Å². The molecule has 3 saturated heterocycles. The molecule has 2 aromatic rings. The van der Waals surface area contributed by atoms with Gasteiger partial charge in [-0.25, -0.2) is 9.97 Å². The van der Waals surface area contributed by atoms with Crippen LogP contribution in [0.1, 0.15) is 29.2 Å². The number of nitrogens with zero attached hydrogens (tertiary/aromatic N) is 4. The molecular weight excluding hydrogens is 328 g/mol. The minimum absolute atomic E-state index is 0.132. The molecule has 7 heteroatoms. The minimum atomic E-state index is 0.132. The van der Waals surface area contributed by atoms with Gasteiger partial charge >= 0.3 is 0 Å². The fourth-order valence-corrected chi connectivity index (χ4v) is 4.82. The van der Waals surface area contributed by atoms with Gasteiger partial charge in [0.05, 0.1) is 34.4 Å². The summed E-state index contributed by atoms with van der Waals surface area (Å²) in [6.07, 6.45) is 2.12. The summed E-state index contributed by atoms with van der Waals surface area (Å²) in [4.78, 5) is 26.2. The molecule has 5 rings (SSSR count). The average Bonchev–Trinajstić information content (AvgIpc) is 3.10. The van der Waals surface area contributed by atoms with E-state index < -0.39 is 0 Å². The van der Waals surface area contributed by atoms with Crippen molar-refractivity contribution < 1.29 is 4.79 Å². The second kappa shape index (κ2) is 6.30. The van der Waals surface area contributed by atoms with Crippen molar-refractivity contribution in [1.29, 1.82) is 0 Å². The van der Waals surface area contributed by atoms with Gasteiger partial charge in [0.2, 0.25) is 5.91 Å². The number of fused-ring (bicyclic) bond motifs is 4. The van der Waals surface area contributed by atoms with Crippen molar-refractivity contribution in [3.8, 4) is 0 Å². The number of rotatable bonds is 4. The van der Waals surface area contributed by atoms with Gasteiger partial charge in [-0.15, -0.1) is 22.7 Å². The Morgan fingerprint density at radius 3 is 2.87 bits per heavy atom. The maximum Gasteiger partial charge on any atom is 0.227 e. The monoisotopic (exact) mass is 348 g/mol. The van der Waals surface area contributed by atoms with E-state index in [1.54, 1.807) is 22.7 Å². The maximum absolute atomic E-state index is 12.8. The van der Waals surface area contributed by atoms with Crippen molar-refractivity contribution in [3.05, 3.63) is 32.7 Å². The molecule has 3 aliphatic heterocycles. The number of aromatic nitrogens is 2. The number of carbonyl (C=O) groups is 1. The highest BCUT2D eigenvalue weighted by molar-refractivity contribution is 7.09. The number of carbonyl (C=O) groups excluding carboxylic acids is 1. The first kappa shape index (κ1) is 15.2. The predicted octanol–water partition coefficient (Wildman–Crippen LogP) is 2.53. The van der Waals surface area contributed by atoms with Crippen LogP contribution in [0.2, 0.25) is 0 Å². The molecule has 0 unspecified atom stereocenters. The summed E-state index contributed by atoms with van der Waals surface area (Å²) < 4.78 is 0. The van der Waals surface area contributed by atoms with Gasteiger partial charge in [0.1, 0.15) is 0 Å². The second-order valence-electron chi connectivity index (χ2n) is 6.43. The molecule has 3 aliphatic rings. The van der Waals surface area contributed by atoms with E-state index in [1.807, 2.05) is 17.8 Å². The van der Waals surface area contributed by atoms with Crippen molar-refractivity contribution in [1.82, 2.24) is 19.8 Å². The molecule has 0 spiro atoms. The SMILES string of the molecule is Cc1nc(CN2C[C@H]3CC[C@@H](C2)N(Cc2cscn2)C3=O)cs1. The predicted molar refractivity (Wildman–Crippen MR) is 91.3 cm³/mol. The van der Waals surface area contributed by atoms with Crippen LogP contribution in [0.4, 0.5) is 0 Å². The Balaban J connectivity index is 1.50. The Labute approximate surface area is 144 Å². The largest absolute Gasteiger partial charge is 0.332 e. The van der Waals surface area contributed by atoms with E-state index in [2.05, 4.69) is 25.1 Å². The van der Waals surface area contributed by atoms with Crippen LogP contribution in [0.5, 0.6) is 0 Å².